The Morgan fingerprint density at radius 1 is 0.857 bits per heavy atom. The van der Waals surface area contributed by atoms with E-state index in [0.29, 0.717) is 42.4 Å². The molecule has 0 aliphatic carbocycles. The molecule has 3 aromatic rings. The molecule has 0 radical (unpaired) electrons. The predicted molar refractivity (Wildman–Crippen MR) is 133 cm³/mol. The molecule has 1 aliphatic heterocycles. The minimum Gasteiger partial charge on any atom is -0.497 e. The SMILES string of the molecule is COc1cccc(C(=O)N2C[C@H](C(=O)NCc3ccccc3)[C@H](c3cc(OC)ccc3OC)C2)c1. The molecule has 1 N–H and O–H groups in total. The number of nitrogens with one attached hydrogen (secondary N) is 1. The number of hydrogen-bond donors (Lipinski definition) is 1. The zero-order valence-corrected chi connectivity index (χ0v) is 20.2. The number of methoxy groups -OCH3 is 3. The molecule has 7 nitrogen and oxygen atoms in total. The first-order chi connectivity index (χ1) is 17.0. The summed E-state index contributed by atoms with van der Waals surface area (Å²) >= 11 is 0. The van der Waals surface area contributed by atoms with Gasteiger partial charge in [0.1, 0.15) is 17.2 Å². The van der Waals surface area contributed by atoms with E-state index in [0.717, 1.165) is 11.1 Å². The molecule has 4 rings (SSSR count). The summed E-state index contributed by atoms with van der Waals surface area (Å²) in [5, 5.41) is 3.06. The molecular weight excluding hydrogens is 444 g/mol. The van der Waals surface area contributed by atoms with Gasteiger partial charge in [-0.15, -0.1) is 0 Å². The summed E-state index contributed by atoms with van der Waals surface area (Å²) in [5.41, 5.74) is 2.37. The van der Waals surface area contributed by atoms with Crippen LogP contribution in [0.25, 0.3) is 0 Å². The Bertz CT molecular complexity index is 1180. The van der Waals surface area contributed by atoms with Gasteiger partial charge >= 0.3 is 0 Å². The second kappa shape index (κ2) is 11.0. The largest absolute Gasteiger partial charge is 0.497 e. The molecule has 7 heteroatoms. The van der Waals surface area contributed by atoms with Crippen LogP contribution >= 0.6 is 0 Å². The van der Waals surface area contributed by atoms with E-state index in [1.54, 1.807) is 50.5 Å². The van der Waals surface area contributed by atoms with E-state index in [1.807, 2.05) is 48.5 Å². The standard InChI is InChI=1S/C28H30N2O5/c1-33-21-11-7-10-20(14-21)28(32)30-17-24(23-15-22(34-2)12-13-26(23)35-3)25(18-30)27(31)29-16-19-8-5-4-6-9-19/h4-15,24-25H,16-18H2,1-3H3,(H,29,31)/t24-,25-/m0/s1. The van der Waals surface area contributed by atoms with Crippen molar-refractivity contribution < 1.29 is 23.8 Å². The van der Waals surface area contributed by atoms with Gasteiger partial charge in [0, 0.05) is 36.7 Å². The van der Waals surface area contributed by atoms with Gasteiger partial charge in [0.25, 0.3) is 5.91 Å². The summed E-state index contributed by atoms with van der Waals surface area (Å²) in [6.07, 6.45) is 0. The number of nitrogens with zero attached hydrogens (tertiary/aromatic N) is 1. The van der Waals surface area contributed by atoms with Crippen LogP contribution in [0.3, 0.4) is 0 Å². The van der Waals surface area contributed by atoms with Crippen LogP contribution in [0.4, 0.5) is 0 Å². The minimum atomic E-state index is -0.450. The maximum atomic E-state index is 13.4. The van der Waals surface area contributed by atoms with E-state index in [9.17, 15) is 9.59 Å². The van der Waals surface area contributed by atoms with E-state index in [2.05, 4.69) is 5.32 Å². The van der Waals surface area contributed by atoms with Crippen molar-refractivity contribution >= 4 is 11.8 Å². The number of benzene rings is 3. The maximum absolute atomic E-state index is 13.4. The van der Waals surface area contributed by atoms with Crippen molar-refractivity contribution in [1.82, 2.24) is 10.2 Å². The van der Waals surface area contributed by atoms with Crippen LogP contribution < -0.4 is 19.5 Å². The van der Waals surface area contributed by atoms with Crippen LogP contribution in [0.1, 0.15) is 27.4 Å². The predicted octanol–water partition coefficient (Wildman–Crippen LogP) is 3.88. The number of carbonyl (C=O) groups is 2. The van der Waals surface area contributed by atoms with Crippen LogP contribution in [0, 0.1) is 5.92 Å². The lowest BCUT2D eigenvalue weighted by molar-refractivity contribution is -0.125. The summed E-state index contributed by atoms with van der Waals surface area (Å²) in [6, 6.07) is 22.4. The van der Waals surface area contributed by atoms with E-state index in [1.165, 1.54) is 0 Å². The van der Waals surface area contributed by atoms with E-state index < -0.39 is 5.92 Å². The molecule has 1 heterocycles. The van der Waals surface area contributed by atoms with Gasteiger partial charge in [-0.05, 0) is 42.0 Å². The first-order valence-electron chi connectivity index (χ1n) is 11.5. The molecule has 3 aromatic carbocycles. The highest BCUT2D eigenvalue weighted by Crippen LogP contribution is 2.40. The highest BCUT2D eigenvalue weighted by atomic mass is 16.5. The van der Waals surface area contributed by atoms with Crippen LogP contribution in [0.5, 0.6) is 17.2 Å². The van der Waals surface area contributed by atoms with Gasteiger partial charge in [0.05, 0.1) is 27.2 Å². The molecular formula is C28H30N2O5. The smallest absolute Gasteiger partial charge is 0.254 e. The van der Waals surface area contributed by atoms with Crippen molar-refractivity contribution in [2.24, 2.45) is 5.92 Å². The molecule has 2 atom stereocenters. The first kappa shape index (κ1) is 24.1. The number of likely N-dealkylation sites (tertiary alicyclic amines) is 1. The average Bonchev–Trinajstić information content (AvgIpc) is 3.37. The normalized spacial score (nSPS) is 17.1. The number of carbonyl (C=O) groups excluding carboxylic acids is 2. The van der Waals surface area contributed by atoms with Gasteiger partial charge in [-0.25, -0.2) is 0 Å². The number of hydrogen-bond acceptors (Lipinski definition) is 5. The fraction of sp³-hybridized carbons (Fsp3) is 0.286. The Labute approximate surface area is 205 Å². The third kappa shape index (κ3) is 5.40. The Kier molecular flexibility index (Phi) is 7.55. The average molecular weight is 475 g/mol. The van der Waals surface area contributed by atoms with Crippen molar-refractivity contribution in [3.63, 3.8) is 0 Å². The summed E-state index contributed by atoms with van der Waals surface area (Å²) in [7, 11) is 4.77. The van der Waals surface area contributed by atoms with Crippen molar-refractivity contribution in [2.75, 3.05) is 34.4 Å². The summed E-state index contributed by atoms with van der Waals surface area (Å²) in [5.74, 6) is 0.978. The summed E-state index contributed by atoms with van der Waals surface area (Å²) in [4.78, 5) is 28.5. The highest BCUT2D eigenvalue weighted by molar-refractivity contribution is 5.95. The quantitative estimate of drug-likeness (QED) is 0.536. The lowest BCUT2D eigenvalue weighted by Crippen LogP contribution is -2.35. The lowest BCUT2D eigenvalue weighted by atomic mass is 9.87. The molecule has 0 saturated carbocycles. The zero-order valence-electron chi connectivity index (χ0n) is 20.2. The van der Waals surface area contributed by atoms with Gasteiger partial charge in [0.15, 0.2) is 0 Å². The molecule has 0 unspecified atom stereocenters. The fourth-order valence-electron chi connectivity index (χ4n) is 4.53. The second-order valence-electron chi connectivity index (χ2n) is 8.47. The van der Waals surface area contributed by atoms with Gasteiger partial charge in [0.2, 0.25) is 5.91 Å². The van der Waals surface area contributed by atoms with Gasteiger partial charge < -0.3 is 24.4 Å². The molecule has 0 aromatic heterocycles. The van der Waals surface area contributed by atoms with E-state index in [-0.39, 0.29) is 17.7 Å². The molecule has 35 heavy (non-hydrogen) atoms. The highest BCUT2D eigenvalue weighted by Gasteiger charge is 2.42. The minimum absolute atomic E-state index is 0.107. The molecule has 0 spiro atoms. The first-order valence-corrected chi connectivity index (χ1v) is 11.5. The molecule has 1 aliphatic rings. The maximum Gasteiger partial charge on any atom is 0.254 e. The Balaban J connectivity index is 1.63. The topological polar surface area (TPSA) is 77.1 Å². The monoisotopic (exact) mass is 474 g/mol. The molecule has 1 saturated heterocycles. The van der Waals surface area contributed by atoms with Crippen LogP contribution in [-0.2, 0) is 11.3 Å². The van der Waals surface area contributed by atoms with E-state index in [4.69, 9.17) is 14.2 Å². The molecule has 2 amide bonds. The summed E-state index contributed by atoms with van der Waals surface area (Å²) < 4.78 is 16.3. The van der Waals surface area contributed by atoms with Crippen LogP contribution in [0.15, 0.2) is 72.8 Å². The van der Waals surface area contributed by atoms with Gasteiger partial charge in [-0.3, -0.25) is 9.59 Å². The fourth-order valence-corrected chi connectivity index (χ4v) is 4.53. The van der Waals surface area contributed by atoms with Crippen LogP contribution in [0.2, 0.25) is 0 Å². The second-order valence-corrected chi connectivity index (χ2v) is 8.47. The Morgan fingerprint density at radius 2 is 1.60 bits per heavy atom. The van der Waals surface area contributed by atoms with E-state index >= 15 is 0 Å². The van der Waals surface area contributed by atoms with Crippen molar-refractivity contribution in [1.29, 1.82) is 0 Å². The van der Waals surface area contributed by atoms with Gasteiger partial charge in [-0.1, -0.05) is 36.4 Å². The molecule has 0 bridgehead atoms. The number of amides is 2. The van der Waals surface area contributed by atoms with Crippen LogP contribution in [-0.4, -0.2) is 51.1 Å². The van der Waals surface area contributed by atoms with Crippen molar-refractivity contribution in [3.05, 3.63) is 89.5 Å². The lowest BCUT2D eigenvalue weighted by Gasteiger charge is -2.21. The molecule has 182 valence electrons. The third-order valence-corrected chi connectivity index (χ3v) is 6.41. The van der Waals surface area contributed by atoms with Crippen molar-refractivity contribution in [2.45, 2.75) is 12.5 Å². The zero-order chi connectivity index (χ0) is 24.8. The van der Waals surface area contributed by atoms with Gasteiger partial charge in [-0.2, -0.15) is 0 Å². The molecule has 1 fully saturated rings. The number of ether oxygens (including phenoxy) is 3. The Hall–Kier alpha value is -4.00. The number of rotatable bonds is 8. The summed E-state index contributed by atoms with van der Waals surface area (Å²) in [6.45, 7) is 1.09. The third-order valence-electron chi connectivity index (χ3n) is 6.41. The van der Waals surface area contributed by atoms with Crippen molar-refractivity contribution in [3.8, 4) is 17.2 Å². The Morgan fingerprint density at radius 3 is 2.31 bits per heavy atom.